The fourth-order valence-corrected chi connectivity index (χ4v) is 3.23. The van der Waals surface area contributed by atoms with Gasteiger partial charge in [0.25, 0.3) is 0 Å². The van der Waals surface area contributed by atoms with Crippen molar-refractivity contribution in [3.8, 4) is 6.07 Å². The number of hydrogen-bond donors (Lipinski definition) is 1. The molecule has 0 radical (unpaired) electrons. The Morgan fingerprint density at radius 1 is 1.65 bits per heavy atom. The third-order valence-corrected chi connectivity index (χ3v) is 4.26. The molecular weight excluding hydrogens is 252 g/mol. The summed E-state index contributed by atoms with van der Waals surface area (Å²) in [7, 11) is 0. The fraction of sp³-hybridized carbons (Fsp3) is 0.462. The maximum Gasteiger partial charge on any atom is 0.0666 e. The van der Waals surface area contributed by atoms with Crippen LogP contribution in [0.4, 0.5) is 0 Å². The van der Waals surface area contributed by atoms with Crippen LogP contribution in [0.1, 0.15) is 24.9 Å². The lowest BCUT2D eigenvalue weighted by Gasteiger charge is -2.26. The van der Waals surface area contributed by atoms with Crippen molar-refractivity contribution < 1.29 is 0 Å². The van der Waals surface area contributed by atoms with Crippen molar-refractivity contribution in [3.63, 3.8) is 0 Å². The zero-order valence-corrected chi connectivity index (χ0v) is 11.3. The molecule has 1 N–H and O–H groups in total. The highest BCUT2D eigenvalue weighted by molar-refractivity contribution is 7.99. The van der Waals surface area contributed by atoms with Crippen molar-refractivity contribution in [1.29, 1.82) is 5.26 Å². The van der Waals surface area contributed by atoms with Crippen molar-refractivity contribution in [2.75, 3.05) is 12.3 Å². The minimum absolute atomic E-state index is 0.0483. The molecule has 0 aliphatic carbocycles. The van der Waals surface area contributed by atoms with E-state index in [0.717, 1.165) is 23.7 Å². The summed E-state index contributed by atoms with van der Waals surface area (Å²) < 4.78 is 0. The normalized spacial score (nSPS) is 20.4. The van der Waals surface area contributed by atoms with E-state index < -0.39 is 0 Å². The second kappa shape index (κ2) is 5.77. The van der Waals surface area contributed by atoms with Crippen LogP contribution in [0.25, 0.3) is 0 Å². The Morgan fingerprint density at radius 2 is 2.47 bits per heavy atom. The summed E-state index contributed by atoms with van der Waals surface area (Å²) >= 11 is 7.92. The molecule has 0 amide bonds. The molecule has 1 heterocycles. The smallest absolute Gasteiger partial charge is 0.0666 e. The maximum absolute atomic E-state index is 8.79. The minimum atomic E-state index is 0.0483. The van der Waals surface area contributed by atoms with E-state index in [1.807, 2.05) is 30.8 Å². The van der Waals surface area contributed by atoms with Crippen LogP contribution in [0.3, 0.4) is 0 Å². The second-order valence-electron chi connectivity index (χ2n) is 4.31. The van der Waals surface area contributed by atoms with Gasteiger partial charge in [-0.3, -0.25) is 0 Å². The van der Waals surface area contributed by atoms with Crippen molar-refractivity contribution in [3.05, 3.63) is 28.8 Å². The quantitative estimate of drug-likeness (QED) is 0.908. The Kier molecular flexibility index (Phi) is 4.33. The highest BCUT2D eigenvalue weighted by Crippen LogP contribution is 2.37. The van der Waals surface area contributed by atoms with E-state index in [-0.39, 0.29) is 5.92 Å². The number of rotatable bonds is 3. The Bertz CT molecular complexity index is 442. The summed E-state index contributed by atoms with van der Waals surface area (Å²) in [5, 5.41) is 13.0. The van der Waals surface area contributed by atoms with Gasteiger partial charge in [0.2, 0.25) is 0 Å². The molecule has 1 aromatic carbocycles. The van der Waals surface area contributed by atoms with E-state index in [9.17, 15) is 0 Å². The van der Waals surface area contributed by atoms with Crippen LogP contribution in [0.5, 0.6) is 0 Å². The predicted octanol–water partition coefficient (Wildman–Crippen LogP) is 3.63. The molecule has 1 aliphatic rings. The molecule has 2 atom stereocenters. The first kappa shape index (κ1) is 12.8. The molecule has 4 heteroatoms. The van der Waals surface area contributed by atoms with E-state index in [1.54, 1.807) is 0 Å². The van der Waals surface area contributed by atoms with Crippen molar-refractivity contribution in [2.45, 2.75) is 24.3 Å². The molecule has 0 aromatic heterocycles. The number of benzene rings is 1. The van der Waals surface area contributed by atoms with Gasteiger partial charge < -0.3 is 5.32 Å². The Labute approximate surface area is 111 Å². The summed E-state index contributed by atoms with van der Waals surface area (Å²) in [6.07, 6.45) is 1.09. The largest absolute Gasteiger partial charge is 0.309 e. The van der Waals surface area contributed by atoms with Gasteiger partial charge in [-0.25, -0.2) is 0 Å². The number of nitriles is 1. The first-order valence-corrected chi connectivity index (χ1v) is 7.12. The van der Waals surface area contributed by atoms with Crippen LogP contribution in [0, 0.1) is 17.2 Å². The van der Waals surface area contributed by atoms with Crippen LogP contribution >= 0.6 is 23.4 Å². The van der Waals surface area contributed by atoms with Crippen LogP contribution in [0.2, 0.25) is 5.02 Å². The average molecular weight is 267 g/mol. The third-order valence-electron chi connectivity index (χ3n) is 2.90. The summed E-state index contributed by atoms with van der Waals surface area (Å²) in [5.41, 5.74) is 1.28. The van der Waals surface area contributed by atoms with E-state index in [1.165, 1.54) is 10.5 Å². The van der Waals surface area contributed by atoms with E-state index in [4.69, 9.17) is 16.9 Å². The highest BCUT2D eigenvalue weighted by atomic mass is 35.5. The fourth-order valence-electron chi connectivity index (χ4n) is 1.94. The molecule has 1 aromatic rings. The van der Waals surface area contributed by atoms with Gasteiger partial charge in [-0.05, 0) is 42.9 Å². The van der Waals surface area contributed by atoms with E-state index in [0.29, 0.717) is 6.04 Å². The van der Waals surface area contributed by atoms with Gasteiger partial charge in [-0.2, -0.15) is 5.26 Å². The lowest BCUT2D eigenvalue weighted by molar-refractivity contribution is 0.481. The molecule has 90 valence electrons. The van der Waals surface area contributed by atoms with Crippen molar-refractivity contribution in [1.82, 2.24) is 5.32 Å². The Hall–Kier alpha value is -0.690. The predicted molar refractivity (Wildman–Crippen MR) is 72.3 cm³/mol. The number of thioether (sulfide) groups is 1. The van der Waals surface area contributed by atoms with E-state index >= 15 is 0 Å². The van der Waals surface area contributed by atoms with E-state index in [2.05, 4.69) is 17.5 Å². The molecule has 0 bridgehead atoms. The topological polar surface area (TPSA) is 35.8 Å². The molecule has 0 saturated carbocycles. The standard InChI is InChI=1S/C13H15ClN2S/c1-9(7-15)8-16-12-4-5-17-13-3-2-10(14)6-11(12)13/h2-3,6,9,12,16H,4-5,8H2,1H3. The lowest BCUT2D eigenvalue weighted by atomic mass is 10.0. The van der Waals surface area contributed by atoms with Gasteiger partial charge in [0.1, 0.15) is 0 Å². The lowest BCUT2D eigenvalue weighted by Crippen LogP contribution is -2.28. The second-order valence-corrected chi connectivity index (χ2v) is 5.88. The number of nitrogens with one attached hydrogen (secondary N) is 1. The number of fused-ring (bicyclic) bond motifs is 1. The molecule has 2 rings (SSSR count). The van der Waals surface area contributed by atoms with Gasteiger partial charge in [0.15, 0.2) is 0 Å². The Balaban J connectivity index is 2.11. The molecule has 0 fully saturated rings. The van der Waals surface area contributed by atoms with Gasteiger partial charge in [0.05, 0.1) is 12.0 Å². The van der Waals surface area contributed by atoms with Crippen LogP contribution in [-0.2, 0) is 0 Å². The summed E-state index contributed by atoms with van der Waals surface area (Å²) in [6, 6.07) is 8.64. The Morgan fingerprint density at radius 3 is 3.24 bits per heavy atom. The van der Waals surface area contributed by atoms with Gasteiger partial charge >= 0.3 is 0 Å². The molecule has 2 nitrogen and oxygen atoms in total. The third kappa shape index (κ3) is 3.16. The summed E-state index contributed by atoms with van der Waals surface area (Å²) in [6.45, 7) is 2.67. The zero-order valence-electron chi connectivity index (χ0n) is 9.74. The minimum Gasteiger partial charge on any atom is -0.309 e. The van der Waals surface area contributed by atoms with Crippen LogP contribution < -0.4 is 5.32 Å². The van der Waals surface area contributed by atoms with Gasteiger partial charge in [0, 0.05) is 22.5 Å². The first-order chi connectivity index (χ1) is 8.20. The van der Waals surface area contributed by atoms with Gasteiger partial charge in [-0.15, -0.1) is 11.8 Å². The van der Waals surface area contributed by atoms with Crippen LogP contribution in [-0.4, -0.2) is 12.3 Å². The summed E-state index contributed by atoms with van der Waals surface area (Å²) in [5.74, 6) is 1.17. The SMILES string of the molecule is CC(C#N)CNC1CCSc2ccc(Cl)cc21. The maximum atomic E-state index is 8.79. The molecule has 2 unspecified atom stereocenters. The van der Waals surface area contributed by atoms with Crippen LogP contribution in [0.15, 0.2) is 23.1 Å². The zero-order chi connectivity index (χ0) is 12.3. The van der Waals surface area contributed by atoms with Crippen molar-refractivity contribution in [2.24, 2.45) is 5.92 Å². The molecule has 17 heavy (non-hydrogen) atoms. The molecule has 1 aliphatic heterocycles. The number of hydrogen-bond acceptors (Lipinski definition) is 3. The molecular formula is C13H15ClN2S. The van der Waals surface area contributed by atoms with Crippen molar-refractivity contribution >= 4 is 23.4 Å². The number of nitrogens with zero attached hydrogens (tertiary/aromatic N) is 1. The summed E-state index contributed by atoms with van der Waals surface area (Å²) in [4.78, 5) is 1.31. The molecule has 0 spiro atoms. The number of halogens is 1. The van der Waals surface area contributed by atoms with Gasteiger partial charge in [-0.1, -0.05) is 11.6 Å². The average Bonchev–Trinajstić information content (AvgIpc) is 2.35. The monoisotopic (exact) mass is 266 g/mol. The highest BCUT2D eigenvalue weighted by Gasteiger charge is 2.20. The first-order valence-electron chi connectivity index (χ1n) is 5.76. The molecule has 0 saturated heterocycles.